The molecule has 0 fully saturated rings. The summed E-state index contributed by atoms with van der Waals surface area (Å²) in [5, 5.41) is 3.27. The fraction of sp³-hybridized carbons (Fsp3) is 0.353. The average Bonchev–Trinajstić information content (AvgIpc) is 2.46. The molecule has 2 aromatic rings. The number of pyridine rings is 1. The SMILES string of the molecule is CNC(Cc1ccc(F)cc1)c1cncc(OC(C)C)c1. The minimum absolute atomic E-state index is 0.110. The highest BCUT2D eigenvalue weighted by Crippen LogP contribution is 2.22. The van der Waals surface area contributed by atoms with Crippen LogP contribution in [0.2, 0.25) is 0 Å². The number of hydrogen-bond acceptors (Lipinski definition) is 3. The summed E-state index contributed by atoms with van der Waals surface area (Å²) in [6.07, 6.45) is 4.43. The molecule has 1 aromatic carbocycles. The minimum Gasteiger partial charge on any atom is -0.489 e. The second kappa shape index (κ2) is 7.18. The third-order valence-corrected chi connectivity index (χ3v) is 3.21. The summed E-state index contributed by atoms with van der Waals surface area (Å²) in [7, 11) is 1.91. The second-order valence-electron chi connectivity index (χ2n) is 5.29. The fourth-order valence-corrected chi connectivity index (χ4v) is 2.21. The summed E-state index contributed by atoms with van der Waals surface area (Å²) in [6, 6.07) is 8.69. The molecule has 1 atom stereocenters. The molecule has 0 saturated heterocycles. The topological polar surface area (TPSA) is 34.2 Å². The van der Waals surface area contributed by atoms with E-state index in [1.165, 1.54) is 12.1 Å². The number of nitrogens with one attached hydrogen (secondary N) is 1. The molecule has 1 N–H and O–H groups in total. The number of benzene rings is 1. The van der Waals surface area contributed by atoms with E-state index in [0.717, 1.165) is 23.3 Å². The van der Waals surface area contributed by atoms with Crippen LogP contribution >= 0.6 is 0 Å². The molecule has 21 heavy (non-hydrogen) atoms. The van der Waals surface area contributed by atoms with Crippen molar-refractivity contribution < 1.29 is 9.13 Å². The van der Waals surface area contributed by atoms with Crippen molar-refractivity contribution in [1.82, 2.24) is 10.3 Å². The normalized spacial score (nSPS) is 12.4. The van der Waals surface area contributed by atoms with Crippen LogP contribution in [0.25, 0.3) is 0 Å². The first-order valence-electron chi connectivity index (χ1n) is 7.12. The summed E-state index contributed by atoms with van der Waals surface area (Å²) in [4.78, 5) is 4.24. The van der Waals surface area contributed by atoms with Crippen LogP contribution in [0.1, 0.15) is 31.0 Å². The zero-order valence-electron chi connectivity index (χ0n) is 12.6. The number of ether oxygens (including phenoxy) is 1. The summed E-state index contributed by atoms with van der Waals surface area (Å²) < 4.78 is 18.6. The van der Waals surface area contributed by atoms with Gasteiger partial charge >= 0.3 is 0 Å². The van der Waals surface area contributed by atoms with Crippen molar-refractivity contribution >= 4 is 0 Å². The Balaban J connectivity index is 2.15. The van der Waals surface area contributed by atoms with Gasteiger partial charge in [-0.3, -0.25) is 4.98 Å². The van der Waals surface area contributed by atoms with Crippen molar-refractivity contribution in [2.45, 2.75) is 32.4 Å². The standard InChI is InChI=1S/C17H21FN2O/c1-12(2)21-16-9-14(10-20-11-16)17(19-3)8-13-4-6-15(18)7-5-13/h4-7,9-12,17,19H,8H2,1-3H3. The van der Waals surface area contributed by atoms with Crippen molar-refractivity contribution in [2.75, 3.05) is 7.05 Å². The third-order valence-electron chi connectivity index (χ3n) is 3.21. The van der Waals surface area contributed by atoms with E-state index >= 15 is 0 Å². The molecule has 0 aliphatic heterocycles. The molecule has 0 aliphatic rings. The Kier molecular flexibility index (Phi) is 5.28. The maximum absolute atomic E-state index is 13.0. The predicted octanol–water partition coefficient (Wildman–Crippen LogP) is 3.51. The number of nitrogens with zero attached hydrogens (tertiary/aromatic N) is 1. The Bertz CT molecular complexity index is 569. The van der Waals surface area contributed by atoms with Gasteiger partial charge in [-0.2, -0.15) is 0 Å². The van der Waals surface area contributed by atoms with Gasteiger partial charge in [0.25, 0.3) is 0 Å². The molecule has 0 saturated carbocycles. The molecular weight excluding hydrogens is 267 g/mol. The van der Waals surface area contributed by atoms with Gasteiger partial charge in [0.05, 0.1) is 12.3 Å². The number of hydrogen-bond donors (Lipinski definition) is 1. The van der Waals surface area contributed by atoms with E-state index in [1.54, 1.807) is 6.20 Å². The van der Waals surface area contributed by atoms with Crippen LogP contribution < -0.4 is 10.1 Å². The van der Waals surface area contributed by atoms with Gasteiger partial charge in [0.15, 0.2) is 0 Å². The highest BCUT2D eigenvalue weighted by atomic mass is 19.1. The number of rotatable bonds is 6. The highest BCUT2D eigenvalue weighted by molar-refractivity contribution is 5.28. The Morgan fingerprint density at radius 1 is 1.19 bits per heavy atom. The van der Waals surface area contributed by atoms with Crippen LogP contribution in [-0.4, -0.2) is 18.1 Å². The number of likely N-dealkylation sites (N-methyl/N-ethyl adjacent to an activating group) is 1. The van der Waals surface area contributed by atoms with Crippen LogP contribution in [0.15, 0.2) is 42.7 Å². The molecule has 3 nitrogen and oxygen atoms in total. The first-order valence-corrected chi connectivity index (χ1v) is 7.12. The van der Waals surface area contributed by atoms with Gasteiger partial charge in [0.2, 0.25) is 0 Å². The van der Waals surface area contributed by atoms with Gasteiger partial charge in [-0.05, 0) is 56.6 Å². The van der Waals surface area contributed by atoms with Gasteiger partial charge in [-0.1, -0.05) is 12.1 Å². The van der Waals surface area contributed by atoms with Crippen LogP contribution in [0, 0.1) is 5.82 Å². The van der Waals surface area contributed by atoms with E-state index in [1.807, 2.05) is 45.3 Å². The molecular formula is C17H21FN2O. The lowest BCUT2D eigenvalue weighted by Gasteiger charge is -2.18. The van der Waals surface area contributed by atoms with Gasteiger partial charge in [0, 0.05) is 12.2 Å². The van der Waals surface area contributed by atoms with Gasteiger partial charge in [0.1, 0.15) is 11.6 Å². The van der Waals surface area contributed by atoms with Crippen LogP contribution in [-0.2, 0) is 6.42 Å². The molecule has 0 aliphatic carbocycles. The maximum atomic E-state index is 13.0. The quantitative estimate of drug-likeness (QED) is 0.883. The zero-order valence-corrected chi connectivity index (χ0v) is 12.6. The van der Waals surface area contributed by atoms with E-state index in [9.17, 15) is 4.39 Å². The largest absolute Gasteiger partial charge is 0.489 e. The van der Waals surface area contributed by atoms with Crippen molar-refractivity contribution in [3.63, 3.8) is 0 Å². The minimum atomic E-state index is -0.214. The predicted molar refractivity (Wildman–Crippen MR) is 81.9 cm³/mol. The third kappa shape index (κ3) is 4.53. The molecule has 0 radical (unpaired) electrons. The number of halogens is 1. The lowest BCUT2D eigenvalue weighted by Crippen LogP contribution is -2.19. The lowest BCUT2D eigenvalue weighted by atomic mass is 10.0. The van der Waals surface area contributed by atoms with Gasteiger partial charge in [-0.15, -0.1) is 0 Å². The summed E-state index contributed by atoms with van der Waals surface area (Å²) in [5.41, 5.74) is 2.13. The van der Waals surface area contributed by atoms with Crippen LogP contribution in [0.3, 0.4) is 0 Å². The Labute approximate surface area is 125 Å². The monoisotopic (exact) mass is 288 g/mol. The van der Waals surface area contributed by atoms with Crippen molar-refractivity contribution in [2.24, 2.45) is 0 Å². The average molecular weight is 288 g/mol. The zero-order chi connectivity index (χ0) is 15.2. The summed E-state index contributed by atoms with van der Waals surface area (Å²) in [6.45, 7) is 3.97. The van der Waals surface area contributed by atoms with Crippen LogP contribution in [0.5, 0.6) is 5.75 Å². The van der Waals surface area contributed by atoms with Crippen molar-refractivity contribution in [3.05, 3.63) is 59.7 Å². The Morgan fingerprint density at radius 3 is 2.52 bits per heavy atom. The first-order chi connectivity index (χ1) is 10.1. The molecule has 1 heterocycles. The smallest absolute Gasteiger partial charge is 0.138 e. The first kappa shape index (κ1) is 15.4. The van der Waals surface area contributed by atoms with Crippen LogP contribution in [0.4, 0.5) is 4.39 Å². The van der Waals surface area contributed by atoms with E-state index in [2.05, 4.69) is 10.3 Å². The summed E-state index contributed by atoms with van der Waals surface area (Å²) in [5.74, 6) is 0.551. The molecule has 0 amide bonds. The molecule has 1 unspecified atom stereocenters. The molecule has 0 spiro atoms. The highest BCUT2D eigenvalue weighted by Gasteiger charge is 2.12. The molecule has 1 aromatic heterocycles. The number of aromatic nitrogens is 1. The molecule has 0 bridgehead atoms. The van der Waals surface area contributed by atoms with E-state index in [0.29, 0.717) is 0 Å². The maximum Gasteiger partial charge on any atom is 0.138 e. The molecule has 4 heteroatoms. The van der Waals surface area contributed by atoms with Crippen molar-refractivity contribution in [3.8, 4) is 5.75 Å². The molecule has 2 rings (SSSR count). The van der Waals surface area contributed by atoms with E-state index in [-0.39, 0.29) is 18.0 Å². The van der Waals surface area contributed by atoms with Gasteiger partial charge in [-0.25, -0.2) is 4.39 Å². The Morgan fingerprint density at radius 2 is 1.90 bits per heavy atom. The fourth-order valence-electron chi connectivity index (χ4n) is 2.21. The molecule has 112 valence electrons. The lowest BCUT2D eigenvalue weighted by molar-refractivity contribution is 0.241. The van der Waals surface area contributed by atoms with Gasteiger partial charge < -0.3 is 10.1 Å². The second-order valence-corrected chi connectivity index (χ2v) is 5.29. The van der Waals surface area contributed by atoms with Crippen molar-refractivity contribution in [1.29, 1.82) is 0 Å². The van der Waals surface area contributed by atoms with E-state index < -0.39 is 0 Å². The Hall–Kier alpha value is -1.94. The van der Waals surface area contributed by atoms with E-state index in [4.69, 9.17) is 4.74 Å². The summed E-state index contributed by atoms with van der Waals surface area (Å²) >= 11 is 0.